The van der Waals surface area contributed by atoms with E-state index in [1.807, 2.05) is 0 Å². The summed E-state index contributed by atoms with van der Waals surface area (Å²) >= 11 is 5.99. The number of carbonyl (C=O) groups is 2. The maximum Gasteiger partial charge on any atom is 0.342 e. The second-order valence-electron chi connectivity index (χ2n) is 6.15. The highest BCUT2D eigenvalue weighted by Crippen LogP contribution is 2.37. The number of aliphatic carboxylic acids is 1. The van der Waals surface area contributed by atoms with Gasteiger partial charge in [-0.15, -0.1) is 0 Å². The molecule has 2 unspecified atom stereocenters. The Morgan fingerprint density at radius 2 is 2.20 bits per heavy atom. The second-order valence-corrected chi connectivity index (χ2v) is 6.56. The summed E-state index contributed by atoms with van der Waals surface area (Å²) in [7, 11) is 0. The lowest BCUT2D eigenvalue weighted by Gasteiger charge is -2.30. The Hall–Kier alpha value is -1.90. The van der Waals surface area contributed by atoms with Crippen LogP contribution in [0.3, 0.4) is 0 Å². The number of hydrogen-bond acceptors (Lipinski definition) is 5. The van der Waals surface area contributed by atoms with Gasteiger partial charge in [0.15, 0.2) is 6.17 Å². The van der Waals surface area contributed by atoms with Crippen LogP contribution in [0.1, 0.15) is 13.8 Å². The fraction of sp³-hybridized carbons (Fsp3) is 0.500. The fourth-order valence-corrected chi connectivity index (χ4v) is 3.30. The minimum atomic E-state index is -1.30. The van der Waals surface area contributed by atoms with Crippen LogP contribution in [0.15, 0.2) is 12.1 Å². The number of carboxylic acid groups (broad SMARTS) is 1. The van der Waals surface area contributed by atoms with E-state index >= 15 is 0 Å². The Morgan fingerprint density at radius 1 is 1.48 bits per heavy atom. The van der Waals surface area contributed by atoms with Crippen LogP contribution in [0.2, 0.25) is 5.02 Å². The molecular weight excluding hydrogens is 355 g/mol. The van der Waals surface area contributed by atoms with E-state index in [0.717, 1.165) is 11.0 Å². The van der Waals surface area contributed by atoms with Gasteiger partial charge in [-0.05, 0) is 19.9 Å². The summed E-state index contributed by atoms with van der Waals surface area (Å²) in [6.45, 7) is 4.21. The van der Waals surface area contributed by atoms with Crippen molar-refractivity contribution < 1.29 is 28.6 Å². The minimum Gasteiger partial charge on any atom is -0.489 e. The lowest BCUT2D eigenvalue weighted by atomic mass is 10.2. The molecule has 0 aromatic heterocycles. The average molecular weight is 373 g/mol. The van der Waals surface area contributed by atoms with Crippen molar-refractivity contribution in [3.05, 3.63) is 23.0 Å². The molecule has 3 rings (SSSR count). The lowest BCUT2D eigenvalue weighted by Crippen LogP contribution is -2.50. The predicted molar refractivity (Wildman–Crippen MR) is 87.4 cm³/mol. The topological polar surface area (TPSA) is 79.3 Å². The van der Waals surface area contributed by atoms with Crippen LogP contribution in [-0.2, 0) is 14.3 Å². The number of fused-ring (bicyclic) bond motifs is 1. The van der Waals surface area contributed by atoms with Gasteiger partial charge < -0.3 is 14.6 Å². The Balaban J connectivity index is 2.06. The van der Waals surface area contributed by atoms with Gasteiger partial charge in [-0.2, -0.15) is 0 Å². The maximum atomic E-state index is 14.5. The van der Waals surface area contributed by atoms with Gasteiger partial charge in [0.05, 0.1) is 30.0 Å². The molecule has 2 atom stereocenters. The molecule has 0 radical (unpaired) electrons. The number of nitrogens with zero attached hydrogens (tertiary/aromatic N) is 2. The normalized spacial score (nSPS) is 23.9. The predicted octanol–water partition coefficient (Wildman–Crippen LogP) is 1.72. The van der Waals surface area contributed by atoms with Crippen molar-refractivity contribution in [2.45, 2.75) is 32.2 Å². The highest BCUT2D eigenvalue weighted by molar-refractivity contribution is 6.32. The highest BCUT2D eigenvalue weighted by atomic mass is 35.5. The van der Waals surface area contributed by atoms with Crippen molar-refractivity contribution in [1.29, 1.82) is 0 Å². The smallest absolute Gasteiger partial charge is 0.342 e. The second kappa shape index (κ2) is 6.78. The number of halogens is 2. The third kappa shape index (κ3) is 3.17. The molecule has 25 heavy (non-hydrogen) atoms. The summed E-state index contributed by atoms with van der Waals surface area (Å²) in [5.41, 5.74) is -0.174. The zero-order valence-electron chi connectivity index (χ0n) is 13.7. The van der Waals surface area contributed by atoms with E-state index in [-0.39, 0.29) is 35.7 Å². The van der Waals surface area contributed by atoms with Crippen LogP contribution in [0.25, 0.3) is 0 Å². The first-order valence-corrected chi connectivity index (χ1v) is 8.24. The summed E-state index contributed by atoms with van der Waals surface area (Å²) < 4.78 is 25.3. The maximum absolute atomic E-state index is 14.5. The number of benzene rings is 1. The van der Waals surface area contributed by atoms with Crippen LogP contribution in [0.5, 0.6) is 5.75 Å². The van der Waals surface area contributed by atoms with Crippen LogP contribution in [0, 0.1) is 5.82 Å². The van der Waals surface area contributed by atoms with Gasteiger partial charge in [0, 0.05) is 12.6 Å². The average Bonchev–Trinajstić information content (AvgIpc) is 2.83. The van der Waals surface area contributed by atoms with Crippen LogP contribution < -0.4 is 9.64 Å². The first kappa shape index (κ1) is 17.9. The van der Waals surface area contributed by atoms with Gasteiger partial charge >= 0.3 is 5.97 Å². The molecule has 0 saturated carbocycles. The zero-order chi connectivity index (χ0) is 18.3. The largest absolute Gasteiger partial charge is 0.489 e. The number of rotatable bonds is 4. The van der Waals surface area contributed by atoms with Crippen LogP contribution in [0.4, 0.5) is 10.1 Å². The monoisotopic (exact) mass is 372 g/mol. The van der Waals surface area contributed by atoms with Gasteiger partial charge in [0.25, 0.3) is 0 Å². The van der Waals surface area contributed by atoms with E-state index < -0.39 is 29.9 Å². The number of carbonyl (C=O) groups excluding carboxylic acids is 1. The third-order valence-corrected chi connectivity index (χ3v) is 4.39. The molecule has 0 aliphatic carbocycles. The van der Waals surface area contributed by atoms with Gasteiger partial charge in [-0.1, -0.05) is 11.6 Å². The molecule has 2 heterocycles. The van der Waals surface area contributed by atoms with Gasteiger partial charge in [0.2, 0.25) is 5.91 Å². The minimum absolute atomic E-state index is 0.0505. The van der Waals surface area contributed by atoms with Gasteiger partial charge in [-0.25, -0.2) is 9.18 Å². The Labute approximate surface area is 148 Å². The Bertz CT molecular complexity index is 714. The molecule has 2 aliphatic heterocycles. The van der Waals surface area contributed by atoms with Gasteiger partial charge in [-0.3, -0.25) is 14.6 Å². The molecule has 2 aliphatic rings. The number of morpholine rings is 1. The summed E-state index contributed by atoms with van der Waals surface area (Å²) in [6, 6.07) is 1.54. The van der Waals surface area contributed by atoms with E-state index in [9.17, 15) is 19.1 Å². The van der Waals surface area contributed by atoms with Crippen molar-refractivity contribution in [3.63, 3.8) is 0 Å². The lowest BCUT2D eigenvalue weighted by molar-refractivity contribution is -0.144. The SMILES string of the molecule is CC(C)Oc1cc(N2C(=O)C3COCCN3C2C(=O)O)c(F)cc1Cl. The van der Waals surface area contributed by atoms with Crippen molar-refractivity contribution >= 4 is 29.2 Å². The molecule has 1 N–H and O–H groups in total. The molecule has 136 valence electrons. The first-order valence-electron chi connectivity index (χ1n) is 7.86. The number of hydrogen-bond donors (Lipinski definition) is 1. The first-order chi connectivity index (χ1) is 11.8. The van der Waals surface area contributed by atoms with Crippen LogP contribution in [-0.4, -0.2) is 60.0 Å². The Morgan fingerprint density at radius 3 is 2.84 bits per heavy atom. The molecule has 2 fully saturated rings. The fourth-order valence-electron chi connectivity index (χ4n) is 3.10. The molecule has 1 aromatic carbocycles. The molecule has 0 bridgehead atoms. The summed E-state index contributed by atoms with van der Waals surface area (Å²) in [5, 5.41) is 9.66. The van der Waals surface area contributed by atoms with Crippen molar-refractivity contribution in [2.24, 2.45) is 0 Å². The quantitative estimate of drug-likeness (QED) is 0.867. The number of carboxylic acids is 1. The summed E-state index contributed by atoms with van der Waals surface area (Å²) in [4.78, 5) is 26.9. The van der Waals surface area contributed by atoms with E-state index in [0.29, 0.717) is 6.61 Å². The highest BCUT2D eigenvalue weighted by Gasteiger charge is 2.52. The Kier molecular flexibility index (Phi) is 4.86. The molecule has 0 spiro atoms. The van der Waals surface area contributed by atoms with Crippen molar-refractivity contribution in [3.8, 4) is 5.75 Å². The molecule has 2 saturated heterocycles. The summed E-state index contributed by atoms with van der Waals surface area (Å²) in [5.74, 6) is -2.37. The van der Waals surface area contributed by atoms with E-state index in [1.165, 1.54) is 11.0 Å². The standard InChI is InChI=1S/C16H18ClFN2O5/c1-8(2)25-13-6-11(10(18)5-9(13)17)20-14(16(22)23)19-3-4-24-7-12(19)15(20)21/h5-6,8,12,14H,3-4,7H2,1-2H3,(H,22,23). The molecular formula is C16H18ClFN2O5. The number of amides is 1. The number of anilines is 1. The van der Waals surface area contributed by atoms with E-state index in [1.54, 1.807) is 13.8 Å². The number of ether oxygens (including phenoxy) is 2. The molecule has 1 amide bonds. The van der Waals surface area contributed by atoms with Gasteiger partial charge in [0.1, 0.15) is 17.6 Å². The summed E-state index contributed by atoms with van der Waals surface area (Å²) in [6.07, 6.45) is -1.52. The van der Waals surface area contributed by atoms with Crippen LogP contribution >= 0.6 is 11.6 Å². The van der Waals surface area contributed by atoms with Crippen molar-refractivity contribution in [1.82, 2.24) is 4.90 Å². The van der Waals surface area contributed by atoms with E-state index in [4.69, 9.17) is 21.1 Å². The van der Waals surface area contributed by atoms with E-state index in [2.05, 4.69) is 0 Å². The third-order valence-electron chi connectivity index (χ3n) is 4.10. The molecule has 1 aromatic rings. The zero-order valence-corrected chi connectivity index (χ0v) is 14.5. The molecule has 7 nitrogen and oxygen atoms in total. The molecule has 9 heteroatoms. The van der Waals surface area contributed by atoms with Crippen molar-refractivity contribution in [2.75, 3.05) is 24.7 Å².